The predicted molar refractivity (Wildman–Crippen MR) is 58.5 cm³/mol. The Labute approximate surface area is 89.4 Å². The van der Waals surface area contributed by atoms with Crippen LogP contribution in [0.2, 0.25) is 0 Å². The summed E-state index contributed by atoms with van der Waals surface area (Å²) in [7, 11) is 0. The first-order valence-corrected chi connectivity index (χ1v) is 5.04. The molecule has 1 N–H and O–H groups in total. The SMILES string of the molecule is C=CCCCn1cc(Br)c(=O)[nH]c1=O. The van der Waals surface area contributed by atoms with E-state index in [-0.39, 0.29) is 5.69 Å². The van der Waals surface area contributed by atoms with E-state index in [1.807, 2.05) is 0 Å². The Morgan fingerprint density at radius 3 is 2.93 bits per heavy atom. The molecule has 0 aliphatic heterocycles. The maximum absolute atomic E-state index is 11.2. The van der Waals surface area contributed by atoms with Gasteiger partial charge >= 0.3 is 5.69 Å². The lowest BCUT2D eigenvalue weighted by Crippen LogP contribution is -2.29. The van der Waals surface area contributed by atoms with Crippen LogP contribution in [-0.2, 0) is 6.54 Å². The molecule has 0 radical (unpaired) electrons. The van der Waals surface area contributed by atoms with Crippen molar-refractivity contribution in [1.29, 1.82) is 0 Å². The number of allylic oxidation sites excluding steroid dienone is 1. The van der Waals surface area contributed by atoms with Crippen molar-refractivity contribution < 1.29 is 0 Å². The summed E-state index contributed by atoms with van der Waals surface area (Å²) in [4.78, 5) is 24.5. The number of halogens is 1. The maximum Gasteiger partial charge on any atom is 0.328 e. The minimum atomic E-state index is -0.394. The first-order chi connectivity index (χ1) is 6.65. The van der Waals surface area contributed by atoms with Crippen molar-refractivity contribution in [3.05, 3.63) is 44.2 Å². The van der Waals surface area contributed by atoms with Crippen LogP contribution in [0.15, 0.2) is 32.9 Å². The summed E-state index contributed by atoms with van der Waals surface area (Å²) >= 11 is 3.07. The molecule has 1 heterocycles. The summed E-state index contributed by atoms with van der Waals surface area (Å²) in [6.45, 7) is 4.18. The van der Waals surface area contributed by atoms with Crippen LogP contribution in [0.25, 0.3) is 0 Å². The van der Waals surface area contributed by atoms with Crippen molar-refractivity contribution >= 4 is 15.9 Å². The summed E-state index contributed by atoms with van der Waals surface area (Å²) in [6, 6.07) is 0. The highest BCUT2D eigenvalue weighted by molar-refractivity contribution is 9.10. The number of hydrogen-bond donors (Lipinski definition) is 1. The van der Waals surface area contributed by atoms with Gasteiger partial charge in [0.15, 0.2) is 0 Å². The molecule has 1 aromatic rings. The van der Waals surface area contributed by atoms with Crippen molar-refractivity contribution in [2.45, 2.75) is 19.4 Å². The van der Waals surface area contributed by atoms with Gasteiger partial charge in [-0.15, -0.1) is 6.58 Å². The Morgan fingerprint density at radius 1 is 1.57 bits per heavy atom. The van der Waals surface area contributed by atoms with E-state index in [1.165, 1.54) is 10.8 Å². The lowest BCUT2D eigenvalue weighted by molar-refractivity contribution is 0.608. The molecule has 4 nitrogen and oxygen atoms in total. The van der Waals surface area contributed by atoms with E-state index < -0.39 is 5.56 Å². The van der Waals surface area contributed by atoms with Gasteiger partial charge in [0.1, 0.15) is 0 Å². The zero-order valence-corrected chi connectivity index (χ0v) is 9.21. The third-order valence-corrected chi connectivity index (χ3v) is 2.34. The molecule has 0 unspecified atom stereocenters. The number of nitrogens with zero attached hydrogens (tertiary/aromatic N) is 1. The van der Waals surface area contributed by atoms with Crippen LogP contribution < -0.4 is 11.2 Å². The topological polar surface area (TPSA) is 54.9 Å². The second-order valence-corrected chi connectivity index (χ2v) is 3.71. The average Bonchev–Trinajstić information content (AvgIpc) is 2.14. The Hall–Kier alpha value is -1.10. The first kappa shape index (κ1) is 11.0. The first-order valence-electron chi connectivity index (χ1n) is 4.25. The molecule has 0 spiro atoms. The van der Waals surface area contributed by atoms with Gasteiger partial charge in [0.05, 0.1) is 4.47 Å². The fourth-order valence-electron chi connectivity index (χ4n) is 1.05. The molecule has 0 saturated carbocycles. The van der Waals surface area contributed by atoms with Gasteiger partial charge in [0, 0.05) is 12.7 Å². The van der Waals surface area contributed by atoms with Gasteiger partial charge in [-0.2, -0.15) is 0 Å². The highest BCUT2D eigenvalue weighted by atomic mass is 79.9. The molecular weight excluding hydrogens is 248 g/mol. The van der Waals surface area contributed by atoms with E-state index in [2.05, 4.69) is 27.5 Å². The molecule has 0 aromatic carbocycles. The van der Waals surface area contributed by atoms with Crippen LogP contribution in [0.1, 0.15) is 12.8 Å². The maximum atomic E-state index is 11.2. The van der Waals surface area contributed by atoms with Crippen molar-refractivity contribution in [3.8, 4) is 0 Å². The second-order valence-electron chi connectivity index (χ2n) is 2.86. The quantitative estimate of drug-likeness (QED) is 0.653. The Bertz CT molecular complexity index is 433. The van der Waals surface area contributed by atoms with Gasteiger partial charge < -0.3 is 0 Å². The van der Waals surface area contributed by atoms with Crippen molar-refractivity contribution in [2.75, 3.05) is 0 Å². The molecule has 0 aliphatic rings. The third kappa shape index (κ3) is 2.70. The molecule has 5 heteroatoms. The van der Waals surface area contributed by atoms with Crippen LogP contribution in [-0.4, -0.2) is 9.55 Å². The number of rotatable bonds is 4. The van der Waals surface area contributed by atoms with E-state index in [1.54, 1.807) is 6.08 Å². The van der Waals surface area contributed by atoms with Crippen molar-refractivity contribution in [2.24, 2.45) is 0 Å². The number of aryl methyl sites for hydroxylation is 1. The summed E-state index contributed by atoms with van der Waals surface area (Å²) in [5, 5.41) is 0. The molecule has 0 atom stereocenters. The van der Waals surface area contributed by atoms with Gasteiger partial charge in [-0.1, -0.05) is 6.08 Å². The number of aromatic amines is 1. The third-order valence-electron chi connectivity index (χ3n) is 1.77. The van der Waals surface area contributed by atoms with E-state index >= 15 is 0 Å². The highest BCUT2D eigenvalue weighted by Crippen LogP contribution is 1.99. The van der Waals surface area contributed by atoms with Crippen LogP contribution in [0, 0.1) is 0 Å². The molecule has 0 aliphatic carbocycles. The van der Waals surface area contributed by atoms with Crippen LogP contribution in [0.5, 0.6) is 0 Å². The Kier molecular flexibility index (Phi) is 3.88. The van der Waals surface area contributed by atoms with E-state index in [0.29, 0.717) is 11.0 Å². The highest BCUT2D eigenvalue weighted by Gasteiger charge is 2.00. The largest absolute Gasteiger partial charge is 0.328 e. The van der Waals surface area contributed by atoms with Gasteiger partial charge in [-0.25, -0.2) is 4.79 Å². The minimum absolute atomic E-state index is 0.371. The Morgan fingerprint density at radius 2 is 2.29 bits per heavy atom. The lowest BCUT2D eigenvalue weighted by Gasteiger charge is -2.03. The van der Waals surface area contributed by atoms with Crippen LogP contribution in [0.3, 0.4) is 0 Å². The minimum Gasteiger partial charge on any atom is -0.299 e. The fraction of sp³-hybridized carbons (Fsp3) is 0.333. The monoisotopic (exact) mass is 258 g/mol. The molecule has 76 valence electrons. The number of hydrogen-bond acceptors (Lipinski definition) is 2. The average molecular weight is 259 g/mol. The molecule has 0 saturated heterocycles. The lowest BCUT2D eigenvalue weighted by atomic mass is 10.3. The second kappa shape index (κ2) is 4.95. The number of unbranched alkanes of at least 4 members (excludes halogenated alkanes) is 1. The summed E-state index contributed by atoms with van der Waals surface area (Å²) in [5.74, 6) is 0. The number of H-pyrrole nitrogens is 1. The summed E-state index contributed by atoms with van der Waals surface area (Å²) in [5.41, 5.74) is -0.766. The van der Waals surface area contributed by atoms with E-state index in [4.69, 9.17) is 0 Å². The summed E-state index contributed by atoms with van der Waals surface area (Å²) in [6.07, 6.45) is 4.99. The summed E-state index contributed by atoms with van der Waals surface area (Å²) < 4.78 is 1.84. The van der Waals surface area contributed by atoms with Crippen molar-refractivity contribution in [3.63, 3.8) is 0 Å². The van der Waals surface area contributed by atoms with E-state index in [9.17, 15) is 9.59 Å². The zero-order valence-electron chi connectivity index (χ0n) is 7.62. The van der Waals surface area contributed by atoms with E-state index in [0.717, 1.165) is 12.8 Å². The normalized spacial score (nSPS) is 10.1. The van der Waals surface area contributed by atoms with Crippen LogP contribution >= 0.6 is 15.9 Å². The van der Waals surface area contributed by atoms with Gasteiger partial charge in [-0.05, 0) is 28.8 Å². The molecule has 0 amide bonds. The fourth-order valence-corrected chi connectivity index (χ4v) is 1.40. The smallest absolute Gasteiger partial charge is 0.299 e. The van der Waals surface area contributed by atoms with Crippen molar-refractivity contribution in [1.82, 2.24) is 9.55 Å². The molecule has 1 aromatic heterocycles. The predicted octanol–water partition coefficient (Wildman–Crippen LogP) is 1.27. The Balaban J connectivity index is 2.87. The van der Waals surface area contributed by atoms with Gasteiger partial charge in [0.25, 0.3) is 5.56 Å². The molecule has 0 fully saturated rings. The van der Waals surface area contributed by atoms with Gasteiger partial charge in [0.2, 0.25) is 0 Å². The molecular formula is C9H11BrN2O2. The molecule has 0 bridgehead atoms. The molecule has 14 heavy (non-hydrogen) atoms. The standard InChI is InChI=1S/C9H11BrN2O2/c1-2-3-4-5-12-6-7(10)8(13)11-9(12)14/h2,6H,1,3-5H2,(H,11,13,14). The zero-order chi connectivity index (χ0) is 10.6. The number of aromatic nitrogens is 2. The van der Waals surface area contributed by atoms with Gasteiger partial charge in [-0.3, -0.25) is 14.3 Å². The van der Waals surface area contributed by atoms with Crippen LogP contribution in [0.4, 0.5) is 0 Å². The molecule has 1 rings (SSSR count). The number of nitrogens with one attached hydrogen (secondary N) is 1.